The summed E-state index contributed by atoms with van der Waals surface area (Å²) >= 11 is 0. The fourth-order valence-corrected chi connectivity index (χ4v) is 3.37. The molecule has 6 nitrogen and oxygen atoms in total. The lowest BCUT2D eigenvalue weighted by molar-refractivity contribution is 0.0277. The van der Waals surface area contributed by atoms with Gasteiger partial charge in [-0.05, 0) is 29.8 Å². The Morgan fingerprint density at radius 1 is 1.18 bits per heavy atom. The van der Waals surface area contributed by atoms with Crippen LogP contribution >= 0.6 is 0 Å². The molecule has 2 aliphatic heterocycles. The molecular formula is C20H20F2N4O2. The average Bonchev–Trinajstić information content (AvgIpc) is 3.13. The van der Waals surface area contributed by atoms with Gasteiger partial charge in [-0.25, -0.2) is 18.6 Å². The van der Waals surface area contributed by atoms with Crippen molar-refractivity contribution >= 4 is 17.9 Å². The number of anilines is 1. The highest BCUT2D eigenvalue weighted by molar-refractivity contribution is 5.79. The number of nitrogens with one attached hydrogen (secondary N) is 1. The van der Waals surface area contributed by atoms with Crippen LogP contribution in [-0.4, -0.2) is 48.4 Å². The number of hydrogen-bond acceptors (Lipinski definition) is 4. The molecule has 8 heteroatoms. The van der Waals surface area contributed by atoms with Crippen LogP contribution in [0.3, 0.4) is 0 Å². The number of urea groups is 1. The van der Waals surface area contributed by atoms with Gasteiger partial charge in [0.2, 0.25) is 0 Å². The number of carbonyl (C=O) groups excluding carboxylic acids is 1. The standard InChI is InChI=1S/C20H20F2N4O2/c1-23-16-3-2-4-17(10-16)28-18-11-25(12-18)20(27)26-19(5-6-24-26)13-7-14(21)9-15(22)8-13/h2-4,6-10,18-19,23H,5,11-12H2,1H3. The van der Waals surface area contributed by atoms with Crippen LogP contribution in [0.1, 0.15) is 18.0 Å². The molecule has 1 unspecified atom stereocenters. The molecule has 2 aromatic rings. The highest BCUT2D eigenvalue weighted by Gasteiger charge is 2.39. The van der Waals surface area contributed by atoms with Crippen LogP contribution in [0.5, 0.6) is 5.75 Å². The van der Waals surface area contributed by atoms with Gasteiger partial charge in [0.1, 0.15) is 23.5 Å². The van der Waals surface area contributed by atoms with Crippen molar-refractivity contribution in [2.24, 2.45) is 5.10 Å². The first-order valence-corrected chi connectivity index (χ1v) is 9.04. The van der Waals surface area contributed by atoms with E-state index in [4.69, 9.17) is 4.74 Å². The van der Waals surface area contributed by atoms with Crippen LogP contribution in [0.15, 0.2) is 47.6 Å². The van der Waals surface area contributed by atoms with Gasteiger partial charge >= 0.3 is 6.03 Å². The van der Waals surface area contributed by atoms with E-state index >= 15 is 0 Å². The predicted octanol–water partition coefficient (Wildman–Crippen LogP) is 3.62. The second-order valence-corrected chi connectivity index (χ2v) is 6.80. The number of hydrogen-bond donors (Lipinski definition) is 1. The van der Waals surface area contributed by atoms with E-state index in [1.54, 1.807) is 11.1 Å². The molecule has 1 atom stereocenters. The summed E-state index contributed by atoms with van der Waals surface area (Å²) in [5.41, 5.74) is 1.34. The van der Waals surface area contributed by atoms with E-state index in [2.05, 4.69) is 10.4 Å². The molecule has 28 heavy (non-hydrogen) atoms. The maximum atomic E-state index is 13.5. The largest absolute Gasteiger partial charge is 0.487 e. The maximum Gasteiger partial charge on any atom is 0.341 e. The van der Waals surface area contributed by atoms with Gasteiger partial charge in [0, 0.05) is 37.5 Å². The smallest absolute Gasteiger partial charge is 0.341 e. The van der Waals surface area contributed by atoms with Gasteiger partial charge in [-0.15, -0.1) is 0 Å². The quantitative estimate of drug-likeness (QED) is 0.873. The summed E-state index contributed by atoms with van der Waals surface area (Å²) in [6.07, 6.45) is 1.90. The van der Waals surface area contributed by atoms with Crippen LogP contribution in [0.25, 0.3) is 0 Å². The third kappa shape index (κ3) is 3.62. The summed E-state index contributed by atoms with van der Waals surface area (Å²) in [5, 5.41) is 8.44. The van der Waals surface area contributed by atoms with Crippen LogP contribution in [-0.2, 0) is 0 Å². The van der Waals surface area contributed by atoms with E-state index in [1.807, 2.05) is 31.3 Å². The summed E-state index contributed by atoms with van der Waals surface area (Å²) in [6, 6.07) is 10.1. The van der Waals surface area contributed by atoms with Crippen LogP contribution < -0.4 is 10.1 Å². The Morgan fingerprint density at radius 2 is 1.93 bits per heavy atom. The summed E-state index contributed by atoms with van der Waals surface area (Å²) in [5.74, 6) is -0.609. The molecule has 2 aromatic carbocycles. The van der Waals surface area contributed by atoms with Gasteiger partial charge in [-0.2, -0.15) is 5.10 Å². The van der Waals surface area contributed by atoms with Crippen molar-refractivity contribution in [1.29, 1.82) is 0 Å². The molecule has 1 fully saturated rings. The highest BCUT2D eigenvalue weighted by atomic mass is 19.1. The Hall–Kier alpha value is -3.16. The number of amides is 2. The van der Waals surface area contributed by atoms with E-state index in [1.165, 1.54) is 17.1 Å². The Balaban J connectivity index is 1.38. The molecule has 146 valence electrons. The summed E-state index contributed by atoms with van der Waals surface area (Å²) in [6.45, 7) is 0.859. The van der Waals surface area contributed by atoms with Crippen LogP contribution in [0, 0.1) is 11.6 Å². The molecule has 1 N–H and O–H groups in total. The third-order valence-corrected chi connectivity index (χ3v) is 4.84. The van der Waals surface area contributed by atoms with Gasteiger partial charge in [0.05, 0.1) is 19.1 Å². The van der Waals surface area contributed by atoms with E-state index in [9.17, 15) is 13.6 Å². The number of likely N-dealkylation sites (tertiary alicyclic amines) is 1. The summed E-state index contributed by atoms with van der Waals surface area (Å²) in [7, 11) is 1.83. The zero-order valence-electron chi connectivity index (χ0n) is 15.3. The molecule has 0 aromatic heterocycles. The third-order valence-electron chi connectivity index (χ3n) is 4.84. The lowest BCUT2D eigenvalue weighted by Gasteiger charge is -2.41. The molecule has 2 aliphatic rings. The minimum atomic E-state index is -0.671. The van der Waals surface area contributed by atoms with Gasteiger partial charge in [-0.3, -0.25) is 0 Å². The van der Waals surface area contributed by atoms with Crippen LogP contribution in [0.2, 0.25) is 0 Å². The van der Waals surface area contributed by atoms with Crippen molar-refractivity contribution in [2.45, 2.75) is 18.6 Å². The van der Waals surface area contributed by atoms with E-state index in [0.29, 0.717) is 25.1 Å². The van der Waals surface area contributed by atoms with Gasteiger partial charge in [0.15, 0.2) is 0 Å². The maximum absolute atomic E-state index is 13.5. The molecule has 2 amide bonds. The zero-order valence-corrected chi connectivity index (χ0v) is 15.3. The monoisotopic (exact) mass is 386 g/mol. The fraction of sp³-hybridized carbons (Fsp3) is 0.300. The van der Waals surface area contributed by atoms with Gasteiger partial charge in [0.25, 0.3) is 0 Å². The number of rotatable bonds is 4. The molecule has 2 heterocycles. The lowest BCUT2D eigenvalue weighted by atomic mass is 10.0. The number of hydrazone groups is 1. The average molecular weight is 386 g/mol. The Morgan fingerprint density at radius 3 is 2.64 bits per heavy atom. The van der Waals surface area contributed by atoms with Crippen LogP contribution in [0.4, 0.5) is 19.3 Å². The minimum absolute atomic E-state index is 0.104. The molecule has 1 saturated heterocycles. The first-order valence-electron chi connectivity index (χ1n) is 9.04. The summed E-state index contributed by atoms with van der Waals surface area (Å²) < 4.78 is 33.0. The number of ether oxygens (including phenoxy) is 1. The molecule has 0 spiro atoms. The van der Waals surface area contributed by atoms with Crippen molar-refractivity contribution in [3.05, 3.63) is 59.7 Å². The van der Waals surface area contributed by atoms with Gasteiger partial charge in [-0.1, -0.05) is 6.07 Å². The second-order valence-electron chi connectivity index (χ2n) is 6.80. The molecule has 0 aliphatic carbocycles. The SMILES string of the molecule is CNc1cccc(OC2CN(C(=O)N3N=CCC3c3cc(F)cc(F)c3)C2)c1. The van der Waals surface area contributed by atoms with E-state index in [0.717, 1.165) is 17.5 Å². The zero-order chi connectivity index (χ0) is 19.7. The van der Waals surface area contributed by atoms with Crippen molar-refractivity contribution < 1.29 is 18.3 Å². The number of carbonyl (C=O) groups is 1. The van der Waals surface area contributed by atoms with Crippen molar-refractivity contribution in [3.8, 4) is 5.75 Å². The normalized spacial score (nSPS) is 18.9. The van der Waals surface area contributed by atoms with Gasteiger partial charge < -0.3 is 15.0 Å². The van der Waals surface area contributed by atoms with E-state index in [-0.39, 0.29) is 12.1 Å². The Bertz CT molecular complexity index is 895. The number of nitrogens with zero attached hydrogens (tertiary/aromatic N) is 3. The molecular weight excluding hydrogens is 366 g/mol. The Labute approximate surface area is 161 Å². The molecule has 0 bridgehead atoms. The van der Waals surface area contributed by atoms with Crippen molar-refractivity contribution in [3.63, 3.8) is 0 Å². The predicted molar refractivity (Wildman–Crippen MR) is 101 cm³/mol. The topological polar surface area (TPSA) is 57.2 Å². The highest BCUT2D eigenvalue weighted by Crippen LogP contribution is 2.31. The van der Waals surface area contributed by atoms with E-state index < -0.39 is 17.7 Å². The first kappa shape index (κ1) is 18.2. The fourth-order valence-electron chi connectivity index (χ4n) is 3.37. The lowest BCUT2D eigenvalue weighted by Crippen LogP contribution is -2.58. The van der Waals surface area contributed by atoms with Crippen molar-refractivity contribution in [1.82, 2.24) is 9.91 Å². The Kier molecular flexibility index (Phi) is 4.85. The molecule has 0 saturated carbocycles. The first-order chi connectivity index (χ1) is 13.5. The number of benzene rings is 2. The summed E-state index contributed by atoms with van der Waals surface area (Å²) in [4.78, 5) is 14.4. The van der Waals surface area contributed by atoms with Crippen molar-refractivity contribution in [2.75, 3.05) is 25.5 Å². The molecule has 0 radical (unpaired) electrons. The second kappa shape index (κ2) is 7.46. The number of halogens is 2. The minimum Gasteiger partial charge on any atom is -0.487 e. The molecule has 4 rings (SSSR count).